The van der Waals surface area contributed by atoms with Crippen molar-refractivity contribution in [1.29, 1.82) is 0 Å². The van der Waals surface area contributed by atoms with Crippen molar-refractivity contribution in [2.75, 3.05) is 56.7 Å². The summed E-state index contributed by atoms with van der Waals surface area (Å²) in [7, 11) is 1.57. The highest BCUT2D eigenvalue weighted by Crippen LogP contribution is 2.32. The van der Waals surface area contributed by atoms with Gasteiger partial charge < -0.3 is 25.2 Å². The predicted molar refractivity (Wildman–Crippen MR) is 160 cm³/mol. The van der Waals surface area contributed by atoms with E-state index in [2.05, 4.69) is 15.5 Å². The Balaban J connectivity index is 0.00000253. The summed E-state index contributed by atoms with van der Waals surface area (Å²) in [6, 6.07) is 7.22. The van der Waals surface area contributed by atoms with Gasteiger partial charge in [0.1, 0.15) is 5.82 Å². The average molecular weight is 565 g/mol. The molecule has 3 aromatic rings. The van der Waals surface area contributed by atoms with Gasteiger partial charge in [0, 0.05) is 60.2 Å². The molecule has 0 aliphatic carbocycles. The summed E-state index contributed by atoms with van der Waals surface area (Å²) in [6.45, 7) is 5.71. The molecule has 2 fully saturated rings. The van der Waals surface area contributed by atoms with Crippen LogP contribution >= 0.6 is 0 Å². The van der Waals surface area contributed by atoms with Crippen LogP contribution in [0.3, 0.4) is 0 Å². The minimum absolute atomic E-state index is 0. The fourth-order valence-corrected chi connectivity index (χ4v) is 5.24. The van der Waals surface area contributed by atoms with Crippen molar-refractivity contribution in [2.24, 2.45) is 0 Å². The van der Waals surface area contributed by atoms with E-state index in [1.807, 2.05) is 40.0 Å². The SMILES string of the molecule is C/C=C/C(=O)CCC(=O)N1CCC(n2ncc3c(N4CCOCC4)nc(-c4ccc(NC(=O)NC)cc4)nc32)CC1.[HH].[HH]. The van der Waals surface area contributed by atoms with Gasteiger partial charge in [0.2, 0.25) is 5.91 Å². The molecule has 2 saturated heterocycles. The Morgan fingerprint density at radius 1 is 1.05 bits per heavy atom. The molecule has 2 N–H and O–H groups in total. The lowest BCUT2D eigenvalue weighted by Crippen LogP contribution is -2.39. The first-order valence-corrected chi connectivity index (χ1v) is 14.1. The number of nitrogens with one attached hydrogen (secondary N) is 2. The zero-order valence-corrected chi connectivity index (χ0v) is 23.5. The quantitative estimate of drug-likeness (QED) is 0.396. The zero-order chi connectivity index (χ0) is 28.8. The molecule has 0 unspecified atom stereocenters. The summed E-state index contributed by atoms with van der Waals surface area (Å²) < 4.78 is 7.55. The number of rotatable bonds is 8. The van der Waals surface area contributed by atoms with E-state index >= 15 is 0 Å². The van der Waals surface area contributed by atoms with Gasteiger partial charge in [-0.2, -0.15) is 5.10 Å². The van der Waals surface area contributed by atoms with Crippen LogP contribution in [0.2, 0.25) is 0 Å². The lowest BCUT2D eigenvalue weighted by Gasteiger charge is -2.32. The summed E-state index contributed by atoms with van der Waals surface area (Å²) >= 11 is 0. The summed E-state index contributed by atoms with van der Waals surface area (Å²) in [5.41, 5.74) is 2.25. The molecule has 1 aromatic carbocycles. The zero-order valence-electron chi connectivity index (χ0n) is 23.5. The Morgan fingerprint density at radius 3 is 2.46 bits per heavy atom. The normalized spacial score (nSPS) is 16.3. The first-order chi connectivity index (χ1) is 20.0. The van der Waals surface area contributed by atoms with Gasteiger partial charge in [-0.05, 0) is 50.1 Å². The maximum absolute atomic E-state index is 12.7. The molecule has 2 aliphatic rings. The Kier molecular flexibility index (Phi) is 8.88. The molecule has 0 saturated carbocycles. The van der Waals surface area contributed by atoms with Crippen LogP contribution < -0.4 is 15.5 Å². The van der Waals surface area contributed by atoms with Crippen molar-refractivity contribution in [3.05, 3.63) is 42.6 Å². The third kappa shape index (κ3) is 6.54. The van der Waals surface area contributed by atoms with Crippen LogP contribution in [0.15, 0.2) is 42.6 Å². The summed E-state index contributed by atoms with van der Waals surface area (Å²) in [5.74, 6) is 1.39. The number of aromatic nitrogens is 4. The summed E-state index contributed by atoms with van der Waals surface area (Å²) in [4.78, 5) is 50.2. The number of hydrogen-bond acceptors (Lipinski definition) is 8. The molecule has 0 bridgehead atoms. The van der Waals surface area contributed by atoms with Crippen LogP contribution in [0.1, 0.15) is 41.5 Å². The van der Waals surface area contributed by atoms with Gasteiger partial charge in [0.15, 0.2) is 17.3 Å². The first-order valence-electron chi connectivity index (χ1n) is 14.1. The Morgan fingerprint density at radius 2 is 1.78 bits per heavy atom. The lowest BCUT2D eigenvalue weighted by molar-refractivity contribution is -0.133. The molecule has 220 valence electrons. The van der Waals surface area contributed by atoms with Crippen molar-refractivity contribution in [3.8, 4) is 11.4 Å². The number of allylic oxidation sites excluding steroid dienone is 2. The molecule has 0 atom stereocenters. The van der Waals surface area contributed by atoms with E-state index < -0.39 is 0 Å². The smallest absolute Gasteiger partial charge is 0.318 e. The number of urea groups is 1. The second kappa shape index (κ2) is 12.9. The van der Waals surface area contributed by atoms with Gasteiger partial charge in [-0.15, -0.1) is 0 Å². The van der Waals surface area contributed by atoms with Crippen LogP contribution in [0, 0.1) is 0 Å². The second-order valence-corrected chi connectivity index (χ2v) is 10.2. The predicted octanol–water partition coefficient (Wildman–Crippen LogP) is 3.66. The number of carbonyl (C=O) groups excluding carboxylic acids is 3. The third-order valence-corrected chi connectivity index (χ3v) is 7.47. The fraction of sp³-hybridized carbons (Fsp3) is 0.448. The lowest BCUT2D eigenvalue weighted by atomic mass is 10.0. The van der Waals surface area contributed by atoms with Gasteiger partial charge >= 0.3 is 6.03 Å². The van der Waals surface area contributed by atoms with Crippen molar-refractivity contribution >= 4 is 40.3 Å². The highest BCUT2D eigenvalue weighted by molar-refractivity contribution is 5.92. The van der Waals surface area contributed by atoms with E-state index in [9.17, 15) is 14.4 Å². The molecule has 2 aliphatic heterocycles. The van der Waals surface area contributed by atoms with E-state index in [0.29, 0.717) is 37.8 Å². The molecular formula is C29H40N8O4. The molecule has 5 rings (SSSR count). The Labute approximate surface area is 241 Å². The molecule has 2 aromatic heterocycles. The number of hydrogen-bond donors (Lipinski definition) is 2. The molecule has 0 radical (unpaired) electrons. The van der Waals surface area contributed by atoms with Gasteiger partial charge in [-0.3, -0.25) is 9.59 Å². The van der Waals surface area contributed by atoms with E-state index in [1.54, 1.807) is 20.0 Å². The number of nitrogens with zero attached hydrogens (tertiary/aromatic N) is 6. The van der Waals surface area contributed by atoms with Gasteiger partial charge in [0.05, 0.1) is 30.8 Å². The van der Waals surface area contributed by atoms with E-state index in [-0.39, 0.29) is 39.5 Å². The van der Waals surface area contributed by atoms with Gasteiger partial charge in [0.25, 0.3) is 0 Å². The van der Waals surface area contributed by atoms with Crippen LogP contribution in [-0.2, 0) is 14.3 Å². The standard InChI is InChI=1S/C29H36N8O4.2H2/c1-3-4-23(38)9-10-25(39)35-13-11-22(12-14-35)37-28-24(19-31-37)27(36-15-17-41-18-16-36)33-26(34-28)20-5-7-21(8-6-20)32-29(40)30-2;;/h3-8,19,22H,9-18H2,1-2H3,(H2,30,32,40);2*1H/b4-3+;;. The van der Waals surface area contributed by atoms with Crippen molar-refractivity contribution < 1.29 is 22.0 Å². The molecule has 0 spiro atoms. The number of ketones is 1. The number of anilines is 2. The number of piperidine rings is 1. The third-order valence-electron chi connectivity index (χ3n) is 7.47. The number of ether oxygens (including phenoxy) is 1. The van der Waals surface area contributed by atoms with E-state index in [4.69, 9.17) is 19.8 Å². The topological polar surface area (TPSA) is 135 Å². The summed E-state index contributed by atoms with van der Waals surface area (Å²) in [5, 5.41) is 11.0. The molecule has 12 heteroatoms. The maximum Gasteiger partial charge on any atom is 0.318 e. The van der Waals surface area contributed by atoms with Crippen LogP contribution in [0.25, 0.3) is 22.4 Å². The highest BCUT2D eigenvalue weighted by Gasteiger charge is 2.28. The second-order valence-electron chi connectivity index (χ2n) is 10.2. The van der Waals surface area contributed by atoms with Crippen LogP contribution in [0.4, 0.5) is 16.3 Å². The van der Waals surface area contributed by atoms with Crippen molar-refractivity contribution in [3.63, 3.8) is 0 Å². The van der Waals surface area contributed by atoms with Crippen LogP contribution in [0.5, 0.6) is 0 Å². The fourth-order valence-electron chi connectivity index (χ4n) is 5.24. The first kappa shape index (κ1) is 28.2. The average Bonchev–Trinajstić information content (AvgIpc) is 3.44. The molecule has 4 heterocycles. The minimum atomic E-state index is -0.288. The van der Waals surface area contributed by atoms with Crippen LogP contribution in [-0.4, -0.2) is 88.8 Å². The Hall–Kier alpha value is -4.32. The van der Waals surface area contributed by atoms with Gasteiger partial charge in [-0.25, -0.2) is 19.4 Å². The minimum Gasteiger partial charge on any atom is -0.378 e. The number of fused-ring (bicyclic) bond motifs is 1. The van der Waals surface area contributed by atoms with Crippen molar-refractivity contribution in [1.82, 2.24) is 30.0 Å². The number of amides is 3. The maximum atomic E-state index is 12.7. The number of benzene rings is 1. The molecular weight excluding hydrogens is 524 g/mol. The number of morpholine rings is 1. The van der Waals surface area contributed by atoms with Gasteiger partial charge in [-0.1, -0.05) is 6.08 Å². The highest BCUT2D eigenvalue weighted by atomic mass is 16.5. The van der Waals surface area contributed by atoms with Crippen molar-refractivity contribution in [2.45, 2.75) is 38.6 Å². The monoisotopic (exact) mass is 564 g/mol. The van der Waals surface area contributed by atoms with E-state index in [0.717, 1.165) is 48.3 Å². The molecule has 41 heavy (non-hydrogen) atoms. The molecule has 12 nitrogen and oxygen atoms in total. The number of likely N-dealkylation sites (tertiary alicyclic amines) is 1. The molecule has 3 amide bonds. The largest absolute Gasteiger partial charge is 0.378 e. The Bertz CT molecular complexity index is 1430. The van der Waals surface area contributed by atoms with E-state index in [1.165, 1.54) is 6.08 Å². The number of carbonyl (C=O) groups is 3. The summed E-state index contributed by atoms with van der Waals surface area (Å²) in [6.07, 6.45) is 7.01.